The van der Waals surface area contributed by atoms with Crippen LogP contribution in [0.15, 0.2) is 24.3 Å². The highest BCUT2D eigenvalue weighted by atomic mass is 32.2. The lowest BCUT2D eigenvalue weighted by Crippen LogP contribution is -2.48. The van der Waals surface area contributed by atoms with Crippen molar-refractivity contribution in [2.75, 3.05) is 36.2 Å². The fraction of sp³-hybridized carbons (Fsp3) is 0.364. The summed E-state index contributed by atoms with van der Waals surface area (Å²) < 4.78 is 28.1. The molecule has 0 bridgehead atoms. The van der Waals surface area contributed by atoms with Gasteiger partial charge in [0, 0.05) is 37.6 Å². The lowest BCUT2D eigenvalue weighted by molar-refractivity contribution is 0.259. The zero-order chi connectivity index (χ0) is 14.6. The quantitative estimate of drug-likeness (QED) is 0.612. The predicted octanol–water partition coefficient (Wildman–Crippen LogP) is -0.261. The van der Waals surface area contributed by atoms with Crippen LogP contribution in [0.4, 0.5) is 16.2 Å². The van der Waals surface area contributed by atoms with Gasteiger partial charge < -0.3 is 16.4 Å². The van der Waals surface area contributed by atoms with E-state index in [1.54, 1.807) is 24.3 Å². The average Bonchev–Trinajstić information content (AvgIpc) is 2.41. The first kappa shape index (κ1) is 14.6. The van der Waals surface area contributed by atoms with Gasteiger partial charge in [0.1, 0.15) is 0 Å². The van der Waals surface area contributed by atoms with Gasteiger partial charge in [-0.1, -0.05) is 0 Å². The molecule has 5 N–H and O–H groups in total. The lowest BCUT2D eigenvalue weighted by Gasteiger charge is -2.26. The maximum Gasteiger partial charge on any atom is 0.316 e. The molecule has 2 amide bonds. The van der Waals surface area contributed by atoms with Crippen LogP contribution >= 0.6 is 0 Å². The Morgan fingerprint density at radius 1 is 1.15 bits per heavy atom. The monoisotopic (exact) mass is 299 g/mol. The Morgan fingerprint density at radius 3 is 2.25 bits per heavy atom. The van der Waals surface area contributed by atoms with Crippen molar-refractivity contribution in [3.05, 3.63) is 24.3 Å². The van der Waals surface area contributed by atoms with E-state index in [9.17, 15) is 13.2 Å². The zero-order valence-corrected chi connectivity index (χ0v) is 11.6. The molecule has 1 fully saturated rings. The third-order valence-corrected chi connectivity index (χ3v) is 4.35. The minimum atomic E-state index is -3.54. The Kier molecular flexibility index (Phi) is 4.42. The number of nitrogens with two attached hydrogens (primary N) is 1. The van der Waals surface area contributed by atoms with Gasteiger partial charge in [0.25, 0.3) is 0 Å². The van der Waals surface area contributed by atoms with E-state index in [0.29, 0.717) is 37.6 Å². The first-order chi connectivity index (χ1) is 9.47. The number of primary amides is 1. The summed E-state index contributed by atoms with van der Waals surface area (Å²) in [6.45, 7) is 2.16. The smallest absolute Gasteiger partial charge is 0.316 e. The van der Waals surface area contributed by atoms with E-state index in [2.05, 4.69) is 15.4 Å². The van der Waals surface area contributed by atoms with Gasteiger partial charge in [-0.05, 0) is 24.3 Å². The van der Waals surface area contributed by atoms with Crippen molar-refractivity contribution < 1.29 is 13.2 Å². The Balaban J connectivity index is 2.03. The van der Waals surface area contributed by atoms with Crippen molar-refractivity contribution in [2.45, 2.75) is 0 Å². The summed E-state index contributed by atoms with van der Waals surface area (Å²) in [5, 5.41) is 5.49. The van der Waals surface area contributed by atoms with Gasteiger partial charge in [0.15, 0.2) is 0 Å². The molecule has 0 aromatic heterocycles. The molecule has 9 heteroatoms. The second-order valence-electron chi connectivity index (χ2n) is 4.32. The topological polar surface area (TPSA) is 117 Å². The van der Waals surface area contributed by atoms with E-state index >= 15 is 0 Å². The highest BCUT2D eigenvalue weighted by Crippen LogP contribution is 2.16. The van der Waals surface area contributed by atoms with Crippen molar-refractivity contribution in [1.82, 2.24) is 9.62 Å². The van der Waals surface area contributed by atoms with Crippen LogP contribution in [0, 0.1) is 0 Å². The van der Waals surface area contributed by atoms with E-state index in [1.807, 2.05) is 0 Å². The second kappa shape index (κ2) is 6.07. The molecule has 1 saturated heterocycles. The van der Waals surface area contributed by atoms with Crippen LogP contribution in [0.1, 0.15) is 0 Å². The third kappa shape index (κ3) is 3.83. The Labute approximate surface area is 117 Å². The fourth-order valence-corrected chi connectivity index (χ4v) is 3.09. The number of piperazine rings is 1. The zero-order valence-electron chi connectivity index (χ0n) is 10.8. The summed E-state index contributed by atoms with van der Waals surface area (Å²) in [5.41, 5.74) is 5.92. The van der Waals surface area contributed by atoms with Crippen molar-refractivity contribution in [3.8, 4) is 0 Å². The van der Waals surface area contributed by atoms with Crippen LogP contribution < -0.4 is 21.1 Å². The molecular formula is C11H17N5O3S. The molecule has 0 atom stereocenters. The standard InChI is InChI=1S/C11H17N5O3S/c12-11(17)14-9-1-3-10(4-2-9)15-20(18,19)16-7-5-13-6-8-16/h1-4,13,15H,5-8H2,(H3,12,14,17). The van der Waals surface area contributed by atoms with Crippen molar-refractivity contribution in [2.24, 2.45) is 5.73 Å². The number of anilines is 2. The SMILES string of the molecule is NC(=O)Nc1ccc(NS(=O)(=O)N2CCNCC2)cc1. The van der Waals surface area contributed by atoms with Gasteiger partial charge in [-0.3, -0.25) is 4.72 Å². The molecule has 110 valence electrons. The van der Waals surface area contributed by atoms with Crippen LogP contribution in [-0.4, -0.2) is 44.9 Å². The van der Waals surface area contributed by atoms with E-state index in [1.165, 1.54) is 4.31 Å². The van der Waals surface area contributed by atoms with Gasteiger partial charge in [0.2, 0.25) is 0 Å². The summed E-state index contributed by atoms with van der Waals surface area (Å²) >= 11 is 0. The van der Waals surface area contributed by atoms with Crippen LogP contribution in [0.3, 0.4) is 0 Å². The maximum absolute atomic E-state index is 12.1. The molecule has 1 aliphatic rings. The molecule has 0 spiro atoms. The molecule has 1 aromatic carbocycles. The first-order valence-electron chi connectivity index (χ1n) is 6.12. The van der Waals surface area contributed by atoms with Gasteiger partial charge in [0.05, 0.1) is 0 Å². The van der Waals surface area contributed by atoms with E-state index in [4.69, 9.17) is 5.73 Å². The summed E-state index contributed by atoms with van der Waals surface area (Å²) in [5.74, 6) is 0. The van der Waals surface area contributed by atoms with E-state index in [0.717, 1.165) is 0 Å². The molecule has 1 heterocycles. The van der Waals surface area contributed by atoms with Crippen LogP contribution in [0.2, 0.25) is 0 Å². The number of nitrogens with one attached hydrogen (secondary N) is 3. The van der Waals surface area contributed by atoms with E-state index < -0.39 is 16.2 Å². The van der Waals surface area contributed by atoms with Gasteiger partial charge >= 0.3 is 16.2 Å². The van der Waals surface area contributed by atoms with Gasteiger partial charge in [-0.2, -0.15) is 12.7 Å². The van der Waals surface area contributed by atoms with Crippen LogP contribution in [0.5, 0.6) is 0 Å². The number of amides is 2. The maximum atomic E-state index is 12.1. The van der Waals surface area contributed by atoms with Crippen molar-refractivity contribution in [1.29, 1.82) is 0 Å². The summed E-state index contributed by atoms with van der Waals surface area (Å²) in [7, 11) is -3.54. The molecule has 1 aromatic rings. The molecule has 0 radical (unpaired) electrons. The molecule has 2 rings (SSSR count). The number of benzene rings is 1. The molecule has 0 aliphatic carbocycles. The molecule has 0 saturated carbocycles. The summed E-state index contributed by atoms with van der Waals surface area (Å²) in [6, 6.07) is 5.59. The Hall–Kier alpha value is -1.84. The average molecular weight is 299 g/mol. The molecule has 8 nitrogen and oxygen atoms in total. The number of rotatable bonds is 4. The minimum Gasteiger partial charge on any atom is -0.351 e. The Bertz CT molecular complexity index is 566. The predicted molar refractivity (Wildman–Crippen MR) is 76.6 cm³/mol. The highest BCUT2D eigenvalue weighted by molar-refractivity contribution is 7.90. The number of hydrogen-bond donors (Lipinski definition) is 4. The second-order valence-corrected chi connectivity index (χ2v) is 5.99. The summed E-state index contributed by atoms with van der Waals surface area (Å²) in [6.07, 6.45) is 0. The number of hydrogen-bond acceptors (Lipinski definition) is 4. The molecule has 20 heavy (non-hydrogen) atoms. The molecule has 0 unspecified atom stereocenters. The highest BCUT2D eigenvalue weighted by Gasteiger charge is 2.23. The van der Waals surface area contributed by atoms with E-state index in [-0.39, 0.29) is 0 Å². The number of carbonyl (C=O) groups is 1. The number of urea groups is 1. The molecule has 1 aliphatic heterocycles. The van der Waals surface area contributed by atoms with Crippen LogP contribution in [-0.2, 0) is 10.2 Å². The third-order valence-electron chi connectivity index (χ3n) is 2.82. The Morgan fingerprint density at radius 2 is 1.70 bits per heavy atom. The van der Waals surface area contributed by atoms with Crippen LogP contribution in [0.25, 0.3) is 0 Å². The lowest BCUT2D eigenvalue weighted by atomic mass is 10.3. The van der Waals surface area contributed by atoms with Crippen molar-refractivity contribution >= 4 is 27.6 Å². The molecular weight excluding hydrogens is 282 g/mol. The largest absolute Gasteiger partial charge is 0.351 e. The fourth-order valence-electron chi connectivity index (χ4n) is 1.86. The van der Waals surface area contributed by atoms with Gasteiger partial charge in [-0.25, -0.2) is 4.79 Å². The number of carbonyl (C=O) groups excluding carboxylic acids is 1. The first-order valence-corrected chi connectivity index (χ1v) is 7.56. The van der Waals surface area contributed by atoms with Crippen molar-refractivity contribution in [3.63, 3.8) is 0 Å². The van der Waals surface area contributed by atoms with Gasteiger partial charge in [-0.15, -0.1) is 0 Å². The normalized spacial score (nSPS) is 16.6. The number of nitrogens with zero attached hydrogens (tertiary/aromatic N) is 1. The summed E-state index contributed by atoms with van der Waals surface area (Å²) in [4.78, 5) is 10.7. The minimum absolute atomic E-state index is 0.429.